The topological polar surface area (TPSA) is 3.01 Å². The van der Waals surface area contributed by atoms with Crippen LogP contribution < -0.4 is 0 Å². The van der Waals surface area contributed by atoms with Crippen LogP contribution in [0, 0.1) is 0 Å². The molecule has 1 rings (SSSR count). The van der Waals surface area contributed by atoms with Gasteiger partial charge in [-0.05, 0) is 25.4 Å². The van der Waals surface area contributed by atoms with E-state index < -0.39 is 0 Å². The number of allylic oxidation sites excluding steroid dienone is 1. The molecule has 1 fully saturated rings. The Kier molecular flexibility index (Phi) is 4.62. The molecule has 0 aromatic heterocycles. The zero-order valence-electron chi connectivity index (χ0n) is 8.47. The van der Waals surface area contributed by atoms with Crippen molar-refractivity contribution in [2.24, 2.45) is 0 Å². The summed E-state index contributed by atoms with van der Waals surface area (Å²) in [6, 6.07) is 1.49. The van der Waals surface area contributed by atoms with Gasteiger partial charge in [-0.3, -0.25) is 0 Å². The summed E-state index contributed by atoms with van der Waals surface area (Å²) in [5.74, 6) is 0. The van der Waals surface area contributed by atoms with Gasteiger partial charge in [0.25, 0.3) is 0 Å². The van der Waals surface area contributed by atoms with Crippen molar-refractivity contribution in [1.82, 2.24) is 4.90 Å². The molecule has 0 aliphatic carbocycles. The van der Waals surface area contributed by atoms with Crippen molar-refractivity contribution in [1.29, 1.82) is 0 Å². The van der Waals surface area contributed by atoms with Crippen LogP contribution in [0.3, 0.4) is 0 Å². The third-order valence-corrected chi connectivity index (χ3v) is 4.15. The van der Waals surface area contributed by atoms with E-state index in [0.717, 1.165) is 0 Å². The van der Waals surface area contributed by atoms with E-state index in [1.165, 1.54) is 38.5 Å². The van der Waals surface area contributed by atoms with Crippen molar-refractivity contribution in [2.75, 3.05) is 19.6 Å². The maximum absolute atomic E-state index is 2.57. The van der Waals surface area contributed by atoms with Gasteiger partial charge in [-0.25, -0.2) is 0 Å². The second kappa shape index (κ2) is 5.54. The first-order chi connectivity index (χ1) is 5.86. The maximum atomic E-state index is 2.57. The minimum Gasteiger partial charge on any atom is -0.301 e. The van der Waals surface area contributed by atoms with E-state index in [1.54, 1.807) is 5.57 Å². The molecule has 1 saturated heterocycles. The average molecular weight is 183 g/mol. The zero-order valence-corrected chi connectivity index (χ0v) is 9.89. The highest BCUT2D eigenvalue weighted by atomic mass is 28.2. The summed E-state index contributed by atoms with van der Waals surface area (Å²) >= 11 is 0. The lowest BCUT2D eigenvalue weighted by Gasteiger charge is -2.00. The first kappa shape index (κ1) is 10.0. The first-order valence-electron chi connectivity index (χ1n) is 5.27. The number of nitrogens with zero attached hydrogens (tertiary/aromatic N) is 1. The maximum Gasteiger partial charge on any atom is 0.0466 e. The van der Waals surface area contributed by atoms with Gasteiger partial charge in [-0.1, -0.05) is 19.4 Å². The fourth-order valence-electron chi connectivity index (χ4n) is 1.45. The molecule has 0 saturated carbocycles. The van der Waals surface area contributed by atoms with Gasteiger partial charge in [0.2, 0.25) is 0 Å². The monoisotopic (exact) mass is 183 g/mol. The van der Waals surface area contributed by atoms with Crippen LogP contribution in [0.4, 0.5) is 0 Å². The second-order valence-electron chi connectivity index (χ2n) is 3.55. The molecule has 0 aromatic carbocycles. The van der Waals surface area contributed by atoms with E-state index in [4.69, 9.17) is 0 Å². The van der Waals surface area contributed by atoms with E-state index in [0.29, 0.717) is 0 Å². The summed E-state index contributed by atoms with van der Waals surface area (Å²) in [6.45, 7) is 8.66. The normalized spacial score (nSPS) is 17.2. The van der Waals surface area contributed by atoms with Crippen LogP contribution in [0.25, 0.3) is 0 Å². The van der Waals surface area contributed by atoms with Crippen molar-refractivity contribution in [2.45, 2.75) is 32.7 Å². The van der Waals surface area contributed by atoms with Gasteiger partial charge < -0.3 is 4.90 Å². The Morgan fingerprint density at radius 2 is 2.00 bits per heavy atom. The third-order valence-electron chi connectivity index (χ3n) is 2.56. The van der Waals surface area contributed by atoms with Crippen molar-refractivity contribution in [3.63, 3.8) is 0 Å². The Balaban J connectivity index is 2.00. The van der Waals surface area contributed by atoms with Crippen LogP contribution >= 0.6 is 0 Å². The molecule has 1 aliphatic rings. The van der Waals surface area contributed by atoms with Crippen LogP contribution in [-0.2, 0) is 0 Å². The van der Waals surface area contributed by atoms with Crippen LogP contribution in [0.1, 0.15) is 26.7 Å². The minimum atomic E-state index is 0.135. The molecule has 2 heteroatoms. The summed E-state index contributed by atoms with van der Waals surface area (Å²) in [7, 11) is 0.135. The molecule has 1 heterocycles. The summed E-state index contributed by atoms with van der Waals surface area (Å²) in [6.07, 6.45) is 2.54. The largest absolute Gasteiger partial charge is 0.301 e. The predicted octanol–water partition coefficient (Wildman–Crippen LogP) is 1.59. The molecular weight excluding hydrogens is 162 g/mol. The predicted molar refractivity (Wildman–Crippen MR) is 58.5 cm³/mol. The lowest BCUT2D eigenvalue weighted by atomic mass is 10.2. The Labute approximate surface area is 78.7 Å². The number of hydrogen-bond acceptors (Lipinski definition) is 1. The highest BCUT2D eigenvalue weighted by Crippen LogP contribution is 2.06. The SMILES string of the molecule is CCC(=C[SiH2]CCN1CC1)CC. The van der Waals surface area contributed by atoms with Gasteiger partial charge in [-0.2, -0.15) is 0 Å². The van der Waals surface area contributed by atoms with Crippen LogP contribution in [0.2, 0.25) is 6.04 Å². The van der Waals surface area contributed by atoms with Gasteiger partial charge >= 0.3 is 0 Å². The Morgan fingerprint density at radius 3 is 2.50 bits per heavy atom. The summed E-state index contributed by atoms with van der Waals surface area (Å²) in [4.78, 5) is 2.53. The lowest BCUT2D eigenvalue weighted by Crippen LogP contribution is -2.01. The molecular formula is C10H21NSi. The number of rotatable bonds is 6. The van der Waals surface area contributed by atoms with Gasteiger partial charge in [0.1, 0.15) is 0 Å². The highest BCUT2D eigenvalue weighted by Gasteiger charge is 2.14. The van der Waals surface area contributed by atoms with Crippen molar-refractivity contribution in [3.05, 3.63) is 11.3 Å². The average Bonchev–Trinajstić information content (AvgIpc) is 2.89. The molecule has 70 valence electrons. The molecule has 1 nitrogen and oxygen atoms in total. The smallest absolute Gasteiger partial charge is 0.0466 e. The molecule has 12 heavy (non-hydrogen) atoms. The third kappa shape index (κ3) is 4.07. The Bertz CT molecular complexity index is 144. The van der Waals surface area contributed by atoms with Crippen molar-refractivity contribution >= 4 is 9.52 Å². The zero-order chi connectivity index (χ0) is 8.81. The molecule has 1 aliphatic heterocycles. The summed E-state index contributed by atoms with van der Waals surface area (Å²) in [5.41, 5.74) is 4.26. The molecule has 0 bridgehead atoms. The summed E-state index contributed by atoms with van der Waals surface area (Å²) in [5, 5.41) is 0. The van der Waals surface area contributed by atoms with Crippen LogP contribution in [0.5, 0.6) is 0 Å². The molecule has 0 unspecified atom stereocenters. The van der Waals surface area contributed by atoms with Gasteiger partial charge in [0.05, 0.1) is 0 Å². The van der Waals surface area contributed by atoms with E-state index in [9.17, 15) is 0 Å². The van der Waals surface area contributed by atoms with E-state index in [1.807, 2.05) is 0 Å². The lowest BCUT2D eigenvalue weighted by molar-refractivity contribution is 0.594. The second-order valence-corrected chi connectivity index (χ2v) is 5.25. The first-order valence-corrected chi connectivity index (χ1v) is 7.08. The number of hydrogen-bond donors (Lipinski definition) is 0. The van der Waals surface area contributed by atoms with Crippen molar-refractivity contribution in [3.8, 4) is 0 Å². The quantitative estimate of drug-likeness (QED) is 0.343. The minimum absolute atomic E-state index is 0.135. The molecule has 0 spiro atoms. The fourth-order valence-corrected chi connectivity index (χ4v) is 3.27. The molecule has 0 N–H and O–H groups in total. The molecule has 0 radical (unpaired) electrons. The Morgan fingerprint density at radius 1 is 1.33 bits per heavy atom. The van der Waals surface area contributed by atoms with E-state index in [2.05, 4.69) is 24.4 Å². The van der Waals surface area contributed by atoms with Crippen molar-refractivity contribution < 1.29 is 0 Å². The van der Waals surface area contributed by atoms with Gasteiger partial charge in [0, 0.05) is 22.6 Å². The Hall–Kier alpha value is -0.0831. The van der Waals surface area contributed by atoms with Gasteiger partial charge in [0.15, 0.2) is 0 Å². The molecule has 0 aromatic rings. The van der Waals surface area contributed by atoms with E-state index in [-0.39, 0.29) is 9.52 Å². The van der Waals surface area contributed by atoms with E-state index >= 15 is 0 Å². The summed E-state index contributed by atoms with van der Waals surface area (Å²) < 4.78 is 0. The van der Waals surface area contributed by atoms with Crippen LogP contribution in [0.15, 0.2) is 11.3 Å². The highest BCUT2D eigenvalue weighted by molar-refractivity contribution is 6.42. The molecule has 0 atom stereocenters. The molecule has 0 amide bonds. The fraction of sp³-hybridized carbons (Fsp3) is 0.800. The van der Waals surface area contributed by atoms with Crippen LogP contribution in [-0.4, -0.2) is 34.1 Å². The van der Waals surface area contributed by atoms with Gasteiger partial charge in [-0.15, -0.1) is 5.70 Å². The standard InChI is InChI=1S/C10H21NSi/c1-3-10(4-2)9-12-8-7-11-5-6-11/h9H,3-8,12H2,1-2H3.